The van der Waals surface area contributed by atoms with Crippen LogP contribution >= 0.6 is 0 Å². The first kappa shape index (κ1) is 20.6. The summed E-state index contributed by atoms with van der Waals surface area (Å²) in [6.45, 7) is 18.7. The van der Waals surface area contributed by atoms with Crippen LogP contribution in [0.5, 0.6) is 0 Å². The topological polar surface area (TPSA) is 0 Å². The third-order valence-corrected chi connectivity index (χ3v) is 12.8. The van der Waals surface area contributed by atoms with E-state index in [0.29, 0.717) is 27.1 Å². The van der Waals surface area contributed by atoms with Gasteiger partial charge in [0.1, 0.15) is 0 Å². The molecule has 0 nitrogen and oxygen atoms in total. The minimum absolute atomic E-state index is 0.524. The first-order valence-electron chi connectivity index (χ1n) is 13.2. The van der Waals surface area contributed by atoms with Gasteiger partial charge in [-0.2, -0.15) is 0 Å². The van der Waals surface area contributed by atoms with E-state index in [2.05, 4.69) is 48.5 Å². The molecule has 5 aliphatic carbocycles. The minimum Gasteiger partial charge on any atom is -0.0707 e. The van der Waals surface area contributed by atoms with Gasteiger partial charge in [0.05, 0.1) is 0 Å². The average Bonchev–Trinajstić information content (AvgIpc) is 2.98. The lowest BCUT2D eigenvalue weighted by atomic mass is 9.32. The van der Waals surface area contributed by atoms with Gasteiger partial charge in [-0.3, -0.25) is 0 Å². The molecule has 0 N–H and O–H groups in total. The standard InChI is InChI=1S/C29H48/c1-8-20-12-17-26(4)21(20)13-18-28(6)23(26)10-11-24-27(5)16-9-15-25(2,3)22(27)14-19-29(24,28)7/h22-24H,8-19H2,1-7H3. The van der Waals surface area contributed by atoms with Crippen molar-refractivity contribution in [3.05, 3.63) is 11.1 Å². The summed E-state index contributed by atoms with van der Waals surface area (Å²) in [7, 11) is 0. The Bertz CT molecular complexity index is 726. The summed E-state index contributed by atoms with van der Waals surface area (Å²) in [4.78, 5) is 0. The smallest absolute Gasteiger partial charge is 0.00770 e. The molecule has 0 heteroatoms. The van der Waals surface area contributed by atoms with Crippen molar-refractivity contribution < 1.29 is 0 Å². The monoisotopic (exact) mass is 396 g/mol. The second kappa shape index (κ2) is 6.16. The van der Waals surface area contributed by atoms with Crippen molar-refractivity contribution in [3.63, 3.8) is 0 Å². The Labute approximate surface area is 181 Å². The molecule has 5 aliphatic rings. The maximum atomic E-state index is 2.79. The van der Waals surface area contributed by atoms with Crippen LogP contribution in [0.25, 0.3) is 0 Å². The van der Waals surface area contributed by atoms with Crippen LogP contribution in [0.1, 0.15) is 126 Å². The molecule has 0 aromatic heterocycles. The largest absolute Gasteiger partial charge is 0.0707 e. The van der Waals surface area contributed by atoms with E-state index in [1.165, 1.54) is 77.0 Å². The lowest BCUT2D eigenvalue weighted by Gasteiger charge is -2.72. The van der Waals surface area contributed by atoms with Crippen molar-refractivity contribution in [2.24, 2.45) is 44.8 Å². The average molecular weight is 397 g/mol. The molecule has 164 valence electrons. The molecule has 29 heavy (non-hydrogen) atoms. The molecule has 4 saturated carbocycles. The molecular weight excluding hydrogens is 348 g/mol. The molecule has 0 aliphatic heterocycles. The molecule has 5 rings (SSSR count). The Kier molecular flexibility index (Phi) is 4.38. The van der Waals surface area contributed by atoms with Gasteiger partial charge in [-0.1, -0.05) is 66.0 Å². The van der Waals surface area contributed by atoms with Crippen LogP contribution in [-0.4, -0.2) is 0 Å². The molecule has 0 amide bonds. The summed E-state index contributed by atoms with van der Waals surface area (Å²) in [6, 6.07) is 0. The van der Waals surface area contributed by atoms with Crippen molar-refractivity contribution in [1.82, 2.24) is 0 Å². The summed E-state index contributed by atoms with van der Waals surface area (Å²) in [6.07, 6.45) is 17.5. The lowest BCUT2D eigenvalue weighted by Crippen LogP contribution is -2.65. The number of hydrogen-bond donors (Lipinski definition) is 0. The molecule has 7 atom stereocenters. The van der Waals surface area contributed by atoms with Gasteiger partial charge >= 0.3 is 0 Å². The molecular formula is C29H48. The van der Waals surface area contributed by atoms with Crippen LogP contribution in [0.3, 0.4) is 0 Å². The van der Waals surface area contributed by atoms with Gasteiger partial charge in [0, 0.05) is 0 Å². The van der Waals surface area contributed by atoms with Crippen LogP contribution < -0.4 is 0 Å². The highest BCUT2D eigenvalue weighted by Crippen LogP contribution is 2.77. The van der Waals surface area contributed by atoms with Crippen molar-refractivity contribution in [3.8, 4) is 0 Å². The Morgan fingerprint density at radius 1 is 0.690 bits per heavy atom. The van der Waals surface area contributed by atoms with Gasteiger partial charge in [-0.25, -0.2) is 0 Å². The molecule has 0 saturated heterocycles. The van der Waals surface area contributed by atoms with Crippen LogP contribution in [0.15, 0.2) is 11.1 Å². The highest BCUT2D eigenvalue weighted by atomic mass is 14.7. The molecule has 0 aromatic rings. The van der Waals surface area contributed by atoms with Gasteiger partial charge in [-0.05, 0) is 115 Å². The van der Waals surface area contributed by atoms with Gasteiger partial charge in [-0.15, -0.1) is 0 Å². The zero-order chi connectivity index (χ0) is 20.9. The van der Waals surface area contributed by atoms with E-state index in [9.17, 15) is 0 Å². The van der Waals surface area contributed by atoms with Crippen molar-refractivity contribution >= 4 is 0 Å². The van der Waals surface area contributed by atoms with E-state index >= 15 is 0 Å². The molecule has 0 radical (unpaired) electrons. The molecule has 4 fully saturated rings. The van der Waals surface area contributed by atoms with Crippen molar-refractivity contribution in [1.29, 1.82) is 0 Å². The molecule has 7 unspecified atom stereocenters. The fraction of sp³-hybridized carbons (Fsp3) is 0.931. The number of allylic oxidation sites excluding steroid dienone is 2. The predicted molar refractivity (Wildman–Crippen MR) is 125 cm³/mol. The Morgan fingerprint density at radius 3 is 2.10 bits per heavy atom. The second-order valence-electron chi connectivity index (χ2n) is 13.8. The van der Waals surface area contributed by atoms with E-state index in [-0.39, 0.29) is 0 Å². The van der Waals surface area contributed by atoms with E-state index in [1.54, 1.807) is 0 Å². The van der Waals surface area contributed by atoms with Crippen molar-refractivity contribution in [2.45, 2.75) is 126 Å². The SMILES string of the molecule is CCC1=C2CCC3(C)C(CCC4C5(C)CCCC(C)(C)C5CCC43C)C2(C)CC1. The first-order valence-corrected chi connectivity index (χ1v) is 13.2. The minimum atomic E-state index is 0.524. The summed E-state index contributed by atoms with van der Waals surface area (Å²) < 4.78 is 0. The highest BCUT2D eigenvalue weighted by Gasteiger charge is 2.68. The molecule has 0 bridgehead atoms. The first-order chi connectivity index (χ1) is 13.5. The summed E-state index contributed by atoms with van der Waals surface area (Å²) in [5, 5.41) is 0. The van der Waals surface area contributed by atoms with E-state index in [0.717, 1.165) is 17.8 Å². The van der Waals surface area contributed by atoms with Crippen LogP contribution in [0.2, 0.25) is 0 Å². The second-order valence-corrected chi connectivity index (χ2v) is 13.8. The van der Waals surface area contributed by atoms with E-state index < -0.39 is 0 Å². The molecule has 0 spiro atoms. The fourth-order valence-corrected chi connectivity index (χ4v) is 11.3. The lowest BCUT2D eigenvalue weighted by molar-refractivity contribution is -0.226. The maximum absolute atomic E-state index is 2.79. The van der Waals surface area contributed by atoms with Crippen molar-refractivity contribution in [2.75, 3.05) is 0 Å². The van der Waals surface area contributed by atoms with Gasteiger partial charge < -0.3 is 0 Å². The Hall–Kier alpha value is -0.260. The quantitative estimate of drug-likeness (QED) is 0.388. The van der Waals surface area contributed by atoms with Gasteiger partial charge in [0.25, 0.3) is 0 Å². The van der Waals surface area contributed by atoms with E-state index in [1.807, 2.05) is 11.1 Å². The number of hydrogen-bond acceptors (Lipinski definition) is 0. The number of fused-ring (bicyclic) bond motifs is 7. The maximum Gasteiger partial charge on any atom is -0.00770 e. The van der Waals surface area contributed by atoms with Gasteiger partial charge in [0.2, 0.25) is 0 Å². The highest BCUT2D eigenvalue weighted by molar-refractivity contribution is 5.34. The van der Waals surface area contributed by atoms with Crippen LogP contribution in [-0.2, 0) is 0 Å². The summed E-state index contributed by atoms with van der Waals surface area (Å²) in [5.41, 5.74) is 6.56. The van der Waals surface area contributed by atoms with E-state index in [4.69, 9.17) is 0 Å². The zero-order valence-corrected chi connectivity index (χ0v) is 20.7. The normalized spacial score (nSPS) is 53.7. The van der Waals surface area contributed by atoms with Crippen LogP contribution in [0.4, 0.5) is 0 Å². The molecule has 0 aromatic carbocycles. The Balaban J connectivity index is 1.56. The van der Waals surface area contributed by atoms with Gasteiger partial charge in [0.15, 0.2) is 0 Å². The summed E-state index contributed by atoms with van der Waals surface area (Å²) in [5.74, 6) is 2.84. The van der Waals surface area contributed by atoms with Crippen LogP contribution in [0, 0.1) is 44.8 Å². The fourth-order valence-electron chi connectivity index (χ4n) is 11.3. The summed E-state index contributed by atoms with van der Waals surface area (Å²) >= 11 is 0. The zero-order valence-electron chi connectivity index (χ0n) is 20.7. The Morgan fingerprint density at radius 2 is 1.38 bits per heavy atom. The number of rotatable bonds is 1. The third-order valence-electron chi connectivity index (χ3n) is 12.8. The third kappa shape index (κ3) is 2.39. The predicted octanol–water partition coefficient (Wildman–Crippen LogP) is 8.95. The molecule has 0 heterocycles.